The molecule has 0 bridgehead atoms. The Balaban J connectivity index is 2.01. The van der Waals surface area contributed by atoms with E-state index in [2.05, 4.69) is 15.9 Å². The van der Waals surface area contributed by atoms with Crippen molar-refractivity contribution in [1.82, 2.24) is 0 Å². The van der Waals surface area contributed by atoms with Crippen molar-refractivity contribution in [2.75, 3.05) is 0 Å². The van der Waals surface area contributed by atoms with Crippen LogP contribution in [0, 0.1) is 0 Å². The summed E-state index contributed by atoms with van der Waals surface area (Å²) < 4.78 is 11.1. The van der Waals surface area contributed by atoms with Crippen LogP contribution in [0.15, 0.2) is 66.8 Å². The molecule has 21 heavy (non-hydrogen) atoms. The van der Waals surface area contributed by atoms with Crippen molar-refractivity contribution in [2.24, 2.45) is 0 Å². The fraction of sp³-hybridized carbons (Fsp3) is 0. The van der Waals surface area contributed by atoms with Crippen LogP contribution in [0.25, 0.3) is 17.0 Å². The first-order valence-electron chi connectivity index (χ1n) is 6.13. The maximum atomic E-state index is 12.1. The highest BCUT2D eigenvalue weighted by Crippen LogP contribution is 2.19. The molecule has 0 aliphatic rings. The van der Waals surface area contributed by atoms with Gasteiger partial charge in [0.2, 0.25) is 0 Å². The van der Waals surface area contributed by atoms with Gasteiger partial charge in [-0.25, -0.2) is 4.79 Å². The Morgan fingerprint density at radius 1 is 1.19 bits per heavy atom. The summed E-state index contributed by atoms with van der Waals surface area (Å²) >= 11 is 3.34. The first kappa shape index (κ1) is 13.6. The fourth-order valence-electron chi connectivity index (χ4n) is 1.90. The first-order valence-corrected chi connectivity index (χ1v) is 6.92. The topological polar surface area (TPSA) is 60.4 Å². The zero-order valence-corrected chi connectivity index (χ0v) is 12.3. The molecule has 0 unspecified atom stereocenters. The van der Waals surface area contributed by atoms with E-state index in [0.717, 1.165) is 4.47 Å². The summed E-state index contributed by atoms with van der Waals surface area (Å²) in [5.74, 6) is 0.110. The zero-order valence-electron chi connectivity index (χ0n) is 10.7. The van der Waals surface area contributed by atoms with Crippen molar-refractivity contribution in [2.45, 2.75) is 0 Å². The molecule has 0 saturated carbocycles. The van der Waals surface area contributed by atoms with Gasteiger partial charge in [0.15, 0.2) is 5.78 Å². The minimum Gasteiger partial charge on any atom is -0.465 e. The second-order valence-corrected chi connectivity index (χ2v) is 5.26. The van der Waals surface area contributed by atoms with Crippen molar-refractivity contribution in [1.29, 1.82) is 0 Å². The number of benzene rings is 1. The molecule has 2 aromatic heterocycles. The molecule has 4 nitrogen and oxygen atoms in total. The van der Waals surface area contributed by atoms with E-state index in [0.29, 0.717) is 16.7 Å². The van der Waals surface area contributed by atoms with E-state index >= 15 is 0 Å². The number of carbonyl (C=O) groups is 1. The van der Waals surface area contributed by atoms with Crippen LogP contribution in [0.3, 0.4) is 0 Å². The minimum atomic E-state index is -0.654. The van der Waals surface area contributed by atoms with Gasteiger partial charge in [0, 0.05) is 9.86 Å². The van der Waals surface area contributed by atoms with Gasteiger partial charge in [-0.05, 0) is 48.6 Å². The molecular weight excluding hydrogens is 336 g/mol. The number of hydrogen-bond donors (Lipinski definition) is 0. The smallest absolute Gasteiger partial charge is 0.347 e. The molecule has 0 aliphatic carbocycles. The monoisotopic (exact) mass is 344 g/mol. The summed E-state index contributed by atoms with van der Waals surface area (Å²) in [6.07, 6.45) is 4.30. The maximum Gasteiger partial charge on any atom is 0.347 e. The summed E-state index contributed by atoms with van der Waals surface area (Å²) in [6, 6.07) is 10.2. The quantitative estimate of drug-likeness (QED) is 0.408. The number of ketones is 1. The molecule has 1 aromatic carbocycles. The molecule has 0 atom stereocenters. The van der Waals surface area contributed by atoms with Gasteiger partial charge < -0.3 is 8.83 Å². The second-order valence-electron chi connectivity index (χ2n) is 4.34. The van der Waals surface area contributed by atoms with Crippen molar-refractivity contribution in [3.05, 3.63) is 75.0 Å². The lowest BCUT2D eigenvalue weighted by atomic mass is 10.1. The van der Waals surface area contributed by atoms with Crippen molar-refractivity contribution < 1.29 is 13.6 Å². The Morgan fingerprint density at radius 2 is 2.05 bits per heavy atom. The Bertz CT molecular complexity index is 888. The van der Waals surface area contributed by atoms with E-state index in [4.69, 9.17) is 8.83 Å². The van der Waals surface area contributed by atoms with Gasteiger partial charge in [0.1, 0.15) is 16.9 Å². The lowest BCUT2D eigenvalue weighted by Crippen LogP contribution is -2.11. The van der Waals surface area contributed by atoms with Gasteiger partial charge >= 0.3 is 5.63 Å². The van der Waals surface area contributed by atoms with Crippen LogP contribution in [0.5, 0.6) is 0 Å². The molecule has 0 N–H and O–H groups in total. The molecule has 0 fully saturated rings. The predicted molar refractivity (Wildman–Crippen MR) is 82.3 cm³/mol. The number of rotatable bonds is 3. The van der Waals surface area contributed by atoms with Crippen LogP contribution in [0.2, 0.25) is 0 Å². The van der Waals surface area contributed by atoms with E-state index in [1.165, 1.54) is 24.5 Å². The van der Waals surface area contributed by atoms with Crippen LogP contribution in [-0.4, -0.2) is 5.78 Å². The second kappa shape index (κ2) is 5.54. The summed E-state index contributed by atoms with van der Waals surface area (Å²) in [4.78, 5) is 24.0. The fourth-order valence-corrected chi connectivity index (χ4v) is 2.28. The van der Waals surface area contributed by atoms with E-state index < -0.39 is 11.4 Å². The van der Waals surface area contributed by atoms with Gasteiger partial charge in [-0.3, -0.25) is 4.79 Å². The first-order chi connectivity index (χ1) is 10.1. The normalized spacial score (nSPS) is 11.3. The Hall–Kier alpha value is -2.40. The molecule has 0 aliphatic heterocycles. The van der Waals surface area contributed by atoms with Crippen LogP contribution in [0.4, 0.5) is 0 Å². The molecule has 0 radical (unpaired) electrons. The number of allylic oxidation sites excluding steroid dienone is 1. The van der Waals surface area contributed by atoms with Gasteiger partial charge in [-0.2, -0.15) is 0 Å². The maximum absolute atomic E-state index is 12.1. The average molecular weight is 345 g/mol. The number of hydrogen-bond acceptors (Lipinski definition) is 4. The van der Waals surface area contributed by atoms with Crippen LogP contribution in [0.1, 0.15) is 16.1 Å². The third-order valence-corrected chi connectivity index (χ3v) is 3.40. The van der Waals surface area contributed by atoms with E-state index in [1.54, 1.807) is 30.3 Å². The zero-order chi connectivity index (χ0) is 14.8. The molecule has 3 rings (SSSR count). The highest BCUT2D eigenvalue weighted by Gasteiger charge is 2.11. The van der Waals surface area contributed by atoms with Crippen LogP contribution >= 0.6 is 15.9 Å². The standard InChI is InChI=1S/C16H9BrO4/c17-11-3-6-15-10(8-11)9-13(16(19)21-15)14(18)5-4-12-2-1-7-20-12/h1-9H/b5-4-. The SMILES string of the molecule is O=C(/C=C\c1ccco1)c1cc2cc(Br)ccc2oc1=O. The van der Waals surface area contributed by atoms with Gasteiger partial charge in [-0.15, -0.1) is 0 Å². The van der Waals surface area contributed by atoms with Crippen LogP contribution < -0.4 is 5.63 Å². The van der Waals surface area contributed by atoms with Crippen molar-refractivity contribution >= 4 is 38.8 Å². The lowest BCUT2D eigenvalue weighted by molar-refractivity contribution is 0.104. The summed E-state index contributed by atoms with van der Waals surface area (Å²) in [6.45, 7) is 0. The predicted octanol–water partition coefficient (Wildman–Crippen LogP) is 4.04. The van der Waals surface area contributed by atoms with Crippen LogP contribution in [-0.2, 0) is 0 Å². The highest BCUT2D eigenvalue weighted by atomic mass is 79.9. The molecule has 0 amide bonds. The molecule has 0 saturated heterocycles. The third kappa shape index (κ3) is 2.87. The third-order valence-electron chi connectivity index (χ3n) is 2.90. The summed E-state index contributed by atoms with van der Waals surface area (Å²) in [5, 5.41) is 0.679. The number of fused-ring (bicyclic) bond motifs is 1. The molecule has 3 aromatic rings. The van der Waals surface area contributed by atoms with Gasteiger partial charge in [-0.1, -0.05) is 15.9 Å². The van der Waals surface area contributed by atoms with E-state index in [-0.39, 0.29) is 5.56 Å². The lowest BCUT2D eigenvalue weighted by Gasteiger charge is -1.99. The Morgan fingerprint density at radius 3 is 2.81 bits per heavy atom. The Kier molecular flexibility index (Phi) is 3.58. The summed E-state index contributed by atoms with van der Waals surface area (Å²) in [5.41, 5.74) is -0.225. The molecule has 5 heteroatoms. The van der Waals surface area contributed by atoms with Gasteiger partial charge in [0.05, 0.1) is 6.26 Å². The van der Waals surface area contributed by atoms with E-state index in [1.807, 2.05) is 0 Å². The highest BCUT2D eigenvalue weighted by molar-refractivity contribution is 9.10. The number of halogens is 1. The molecular formula is C16H9BrO4. The van der Waals surface area contributed by atoms with E-state index in [9.17, 15) is 9.59 Å². The van der Waals surface area contributed by atoms with Crippen molar-refractivity contribution in [3.8, 4) is 0 Å². The molecule has 0 spiro atoms. The molecule has 104 valence electrons. The minimum absolute atomic E-state index is 0.0107. The van der Waals surface area contributed by atoms with Crippen molar-refractivity contribution in [3.63, 3.8) is 0 Å². The summed E-state index contributed by atoms with van der Waals surface area (Å²) in [7, 11) is 0. The number of carbonyl (C=O) groups excluding carboxylic acids is 1. The molecule has 2 heterocycles. The number of furan rings is 1. The average Bonchev–Trinajstić information content (AvgIpc) is 2.98. The largest absolute Gasteiger partial charge is 0.465 e. The Labute approximate surface area is 127 Å². The van der Waals surface area contributed by atoms with Gasteiger partial charge in [0.25, 0.3) is 0 Å².